The van der Waals surface area contributed by atoms with E-state index in [4.69, 9.17) is 15.6 Å². The van der Waals surface area contributed by atoms with Crippen molar-refractivity contribution in [2.75, 3.05) is 13.1 Å². The summed E-state index contributed by atoms with van der Waals surface area (Å²) in [7, 11) is 0. The van der Waals surface area contributed by atoms with Crippen LogP contribution < -0.4 is 10.5 Å². The Labute approximate surface area is 190 Å². The molecule has 6 heteroatoms. The topological polar surface area (TPSA) is 75.8 Å². The monoisotopic (exact) mass is 442 g/mol. The second-order valence-corrected chi connectivity index (χ2v) is 9.07. The molecule has 0 fully saturated rings. The van der Waals surface area contributed by atoms with Crippen molar-refractivity contribution >= 4 is 5.97 Å². The standard InChI is InChI=1S/C22H26FNO3.C4H9N/c1-15-4-5-16(6-9-21(25)26)10-18(15)13-24-12-17-7-8-19(23)11-20(17)27-22(2,3)14-24;1-4(2)3-5/h4-5,7-8,10-11H,6,9,12-14H2,1-3H3,(H,25,26);1,3,5H2,2H3. The third kappa shape index (κ3) is 8.09. The minimum absolute atomic E-state index is 0.131. The molecule has 32 heavy (non-hydrogen) atoms. The predicted molar refractivity (Wildman–Crippen MR) is 126 cm³/mol. The maximum atomic E-state index is 13.6. The van der Waals surface area contributed by atoms with Gasteiger partial charge in [0.2, 0.25) is 0 Å². The van der Waals surface area contributed by atoms with Crippen molar-refractivity contribution in [3.8, 4) is 5.75 Å². The van der Waals surface area contributed by atoms with Gasteiger partial charge in [0.25, 0.3) is 0 Å². The number of aliphatic carboxylic acids is 1. The van der Waals surface area contributed by atoms with E-state index in [-0.39, 0.29) is 12.2 Å². The zero-order chi connectivity index (χ0) is 23.9. The number of aryl methyl sites for hydroxylation is 2. The van der Waals surface area contributed by atoms with Crippen molar-refractivity contribution in [1.29, 1.82) is 0 Å². The predicted octanol–water partition coefficient (Wildman–Crippen LogP) is 4.85. The molecule has 0 spiro atoms. The molecule has 0 radical (unpaired) electrons. The first-order valence-electron chi connectivity index (χ1n) is 10.8. The van der Waals surface area contributed by atoms with Gasteiger partial charge in [-0.3, -0.25) is 9.69 Å². The van der Waals surface area contributed by atoms with E-state index in [2.05, 4.69) is 30.5 Å². The lowest BCUT2D eigenvalue weighted by Crippen LogP contribution is -2.40. The number of carboxylic acid groups (broad SMARTS) is 1. The number of hydrogen-bond acceptors (Lipinski definition) is 4. The van der Waals surface area contributed by atoms with E-state index in [0.29, 0.717) is 31.8 Å². The van der Waals surface area contributed by atoms with Crippen LogP contribution in [0.3, 0.4) is 0 Å². The molecule has 0 saturated heterocycles. The number of fused-ring (bicyclic) bond motifs is 1. The van der Waals surface area contributed by atoms with Crippen LogP contribution in [-0.2, 0) is 24.3 Å². The summed E-state index contributed by atoms with van der Waals surface area (Å²) >= 11 is 0. The molecular weight excluding hydrogens is 407 g/mol. The van der Waals surface area contributed by atoms with Crippen LogP contribution in [0.1, 0.15) is 49.4 Å². The number of benzene rings is 2. The molecular formula is C26H35FN2O3. The lowest BCUT2D eigenvalue weighted by atomic mass is 10.0. The Morgan fingerprint density at radius 3 is 2.59 bits per heavy atom. The lowest BCUT2D eigenvalue weighted by Gasteiger charge is -2.30. The molecule has 1 aliphatic rings. The normalized spacial score (nSPS) is 14.9. The van der Waals surface area contributed by atoms with E-state index in [1.807, 2.05) is 26.8 Å². The fourth-order valence-electron chi connectivity index (χ4n) is 3.57. The molecule has 1 heterocycles. The summed E-state index contributed by atoms with van der Waals surface area (Å²) in [5.41, 5.74) is 10.0. The smallest absolute Gasteiger partial charge is 0.303 e. The lowest BCUT2D eigenvalue weighted by molar-refractivity contribution is -0.136. The molecule has 0 aromatic heterocycles. The fraction of sp³-hybridized carbons (Fsp3) is 0.423. The van der Waals surface area contributed by atoms with Gasteiger partial charge in [-0.1, -0.05) is 36.4 Å². The van der Waals surface area contributed by atoms with Crippen molar-refractivity contribution in [2.45, 2.75) is 59.2 Å². The molecule has 1 aliphatic heterocycles. The van der Waals surface area contributed by atoms with Crippen LogP contribution in [0.5, 0.6) is 5.75 Å². The quantitative estimate of drug-likeness (QED) is 0.626. The van der Waals surface area contributed by atoms with E-state index in [9.17, 15) is 9.18 Å². The number of nitrogens with zero attached hydrogens (tertiary/aromatic N) is 1. The Morgan fingerprint density at radius 1 is 1.28 bits per heavy atom. The molecule has 2 aromatic rings. The van der Waals surface area contributed by atoms with Gasteiger partial charge in [0, 0.05) is 44.2 Å². The van der Waals surface area contributed by atoms with Gasteiger partial charge in [0.05, 0.1) is 0 Å². The zero-order valence-corrected chi connectivity index (χ0v) is 19.6. The number of carbonyl (C=O) groups is 1. The highest BCUT2D eigenvalue weighted by Crippen LogP contribution is 2.31. The third-order valence-corrected chi connectivity index (χ3v) is 5.20. The zero-order valence-electron chi connectivity index (χ0n) is 19.6. The highest BCUT2D eigenvalue weighted by atomic mass is 19.1. The minimum Gasteiger partial charge on any atom is -0.486 e. The van der Waals surface area contributed by atoms with Crippen LogP contribution in [-0.4, -0.2) is 34.7 Å². The molecule has 0 amide bonds. The Morgan fingerprint density at radius 2 is 1.97 bits per heavy atom. The van der Waals surface area contributed by atoms with Crippen molar-refractivity contribution in [3.05, 3.63) is 76.6 Å². The van der Waals surface area contributed by atoms with E-state index in [1.165, 1.54) is 23.3 Å². The van der Waals surface area contributed by atoms with Crippen LogP contribution in [0.2, 0.25) is 0 Å². The highest BCUT2D eigenvalue weighted by molar-refractivity contribution is 5.67. The van der Waals surface area contributed by atoms with Gasteiger partial charge >= 0.3 is 5.97 Å². The second-order valence-electron chi connectivity index (χ2n) is 9.07. The summed E-state index contributed by atoms with van der Waals surface area (Å²) in [5.74, 6) is -0.471. The van der Waals surface area contributed by atoms with Crippen LogP contribution in [0, 0.1) is 12.7 Å². The largest absolute Gasteiger partial charge is 0.486 e. The third-order valence-electron chi connectivity index (χ3n) is 5.20. The summed E-state index contributed by atoms with van der Waals surface area (Å²) in [5, 5.41) is 8.91. The molecule has 174 valence electrons. The summed E-state index contributed by atoms with van der Waals surface area (Å²) in [4.78, 5) is 13.1. The molecule has 0 saturated carbocycles. The molecule has 3 N–H and O–H groups in total. The maximum Gasteiger partial charge on any atom is 0.303 e. The maximum absolute atomic E-state index is 13.6. The van der Waals surface area contributed by atoms with Gasteiger partial charge in [0.1, 0.15) is 17.2 Å². The van der Waals surface area contributed by atoms with E-state index in [1.54, 1.807) is 6.07 Å². The molecule has 0 unspecified atom stereocenters. The van der Waals surface area contributed by atoms with Crippen molar-refractivity contribution in [3.63, 3.8) is 0 Å². The number of ether oxygens (including phenoxy) is 1. The summed E-state index contributed by atoms with van der Waals surface area (Å²) < 4.78 is 19.7. The number of rotatable bonds is 6. The van der Waals surface area contributed by atoms with Gasteiger partial charge in [0.15, 0.2) is 0 Å². The molecule has 3 rings (SSSR count). The van der Waals surface area contributed by atoms with Crippen LogP contribution in [0.15, 0.2) is 48.6 Å². The van der Waals surface area contributed by atoms with Gasteiger partial charge in [-0.15, -0.1) is 0 Å². The van der Waals surface area contributed by atoms with Crippen molar-refractivity contribution in [2.24, 2.45) is 5.73 Å². The van der Waals surface area contributed by atoms with E-state index >= 15 is 0 Å². The van der Waals surface area contributed by atoms with Crippen molar-refractivity contribution in [1.82, 2.24) is 4.90 Å². The Balaban J connectivity index is 0.000000654. The summed E-state index contributed by atoms with van der Waals surface area (Å²) in [6.45, 7) is 14.3. The Hall–Kier alpha value is -2.70. The molecule has 0 aliphatic carbocycles. The molecule has 0 bridgehead atoms. The van der Waals surface area contributed by atoms with E-state index in [0.717, 1.165) is 23.2 Å². The van der Waals surface area contributed by atoms with Crippen LogP contribution in [0.4, 0.5) is 4.39 Å². The highest BCUT2D eigenvalue weighted by Gasteiger charge is 2.29. The Bertz CT molecular complexity index is 956. The summed E-state index contributed by atoms with van der Waals surface area (Å²) in [6, 6.07) is 10.9. The van der Waals surface area contributed by atoms with Gasteiger partial charge < -0.3 is 15.6 Å². The first-order valence-corrected chi connectivity index (χ1v) is 10.8. The summed E-state index contributed by atoms with van der Waals surface area (Å²) in [6.07, 6.45) is 0.658. The first-order chi connectivity index (χ1) is 15.0. The van der Waals surface area contributed by atoms with E-state index < -0.39 is 11.6 Å². The van der Waals surface area contributed by atoms with Crippen LogP contribution >= 0.6 is 0 Å². The first kappa shape index (κ1) is 25.6. The number of nitrogens with two attached hydrogens (primary N) is 1. The molecule has 0 atom stereocenters. The fourth-order valence-corrected chi connectivity index (χ4v) is 3.57. The van der Waals surface area contributed by atoms with Gasteiger partial charge in [-0.05, 0) is 56.9 Å². The minimum atomic E-state index is -0.785. The SMILES string of the molecule is C=C(C)CN.Cc1ccc(CCC(=O)O)cc1CN1Cc2ccc(F)cc2OC(C)(C)C1. The second kappa shape index (κ2) is 11.2. The average molecular weight is 443 g/mol. The van der Waals surface area contributed by atoms with Gasteiger partial charge in [-0.2, -0.15) is 0 Å². The number of carboxylic acids is 1. The molecule has 2 aromatic carbocycles. The Kier molecular flexibility index (Phi) is 8.99. The van der Waals surface area contributed by atoms with Gasteiger partial charge in [-0.25, -0.2) is 4.39 Å². The average Bonchev–Trinajstić information content (AvgIpc) is 2.82. The molecule has 5 nitrogen and oxygen atoms in total. The van der Waals surface area contributed by atoms with Crippen LogP contribution in [0.25, 0.3) is 0 Å². The van der Waals surface area contributed by atoms with Crippen molar-refractivity contribution < 1.29 is 19.0 Å². The number of hydrogen-bond donors (Lipinski definition) is 2. The number of halogens is 1.